The summed E-state index contributed by atoms with van der Waals surface area (Å²) in [5, 5.41) is 14.1. The molecule has 0 aliphatic carbocycles. The molecule has 2 amide bonds. The number of nitrogens with one attached hydrogen (secondary N) is 1. The van der Waals surface area contributed by atoms with Gasteiger partial charge in [0.05, 0.1) is 10.5 Å². The molecule has 2 aromatic rings. The van der Waals surface area contributed by atoms with Crippen LogP contribution in [0, 0.1) is 10.1 Å². The number of nitro benzene ring substituents is 1. The van der Waals surface area contributed by atoms with Crippen molar-refractivity contribution in [3.05, 3.63) is 63.8 Å². The fraction of sp³-hybridized carbons (Fsp3) is 0.304. The standard InChI is InChI=1S/C23H23N3O7/c1-2-31-11-3-10-25-22(27)20(15-4-7-17(8-5-15)26(29)30)21(23(25)28)24-16-6-9-18-19(14-16)33-13-12-32-18/h4-9,14,24H,2-3,10-13H2,1H3. The van der Waals surface area contributed by atoms with Crippen molar-refractivity contribution in [2.45, 2.75) is 13.3 Å². The van der Waals surface area contributed by atoms with Crippen molar-refractivity contribution in [1.29, 1.82) is 0 Å². The number of anilines is 1. The second kappa shape index (κ2) is 9.70. The maximum Gasteiger partial charge on any atom is 0.278 e. The number of carbonyl (C=O) groups excluding carboxylic acids is 2. The second-order valence-electron chi connectivity index (χ2n) is 7.35. The first-order valence-electron chi connectivity index (χ1n) is 10.6. The van der Waals surface area contributed by atoms with Gasteiger partial charge in [-0.15, -0.1) is 0 Å². The van der Waals surface area contributed by atoms with Gasteiger partial charge in [-0.3, -0.25) is 24.6 Å². The Hall–Kier alpha value is -3.92. The lowest BCUT2D eigenvalue weighted by molar-refractivity contribution is -0.384. The number of rotatable bonds is 9. The third kappa shape index (κ3) is 4.65. The Morgan fingerprint density at radius 3 is 2.48 bits per heavy atom. The molecule has 0 bridgehead atoms. The zero-order chi connectivity index (χ0) is 23.4. The molecule has 2 aromatic carbocycles. The number of non-ortho nitro benzene ring substituents is 1. The molecular formula is C23H23N3O7. The largest absolute Gasteiger partial charge is 0.486 e. The summed E-state index contributed by atoms with van der Waals surface area (Å²) < 4.78 is 16.4. The van der Waals surface area contributed by atoms with Crippen LogP contribution in [-0.2, 0) is 14.3 Å². The van der Waals surface area contributed by atoms with Gasteiger partial charge in [-0.2, -0.15) is 0 Å². The summed E-state index contributed by atoms with van der Waals surface area (Å²) in [6, 6.07) is 10.7. The van der Waals surface area contributed by atoms with E-state index < -0.39 is 16.7 Å². The van der Waals surface area contributed by atoms with Crippen LogP contribution in [0.15, 0.2) is 48.2 Å². The van der Waals surface area contributed by atoms with Crippen molar-refractivity contribution in [2.75, 3.05) is 38.3 Å². The Morgan fingerprint density at radius 1 is 1.06 bits per heavy atom. The van der Waals surface area contributed by atoms with Crippen LogP contribution >= 0.6 is 0 Å². The third-order valence-electron chi connectivity index (χ3n) is 5.22. The summed E-state index contributed by atoms with van der Waals surface area (Å²) in [6.45, 7) is 3.91. The van der Waals surface area contributed by atoms with Crippen LogP contribution < -0.4 is 14.8 Å². The van der Waals surface area contributed by atoms with Crippen molar-refractivity contribution in [3.63, 3.8) is 0 Å². The summed E-state index contributed by atoms with van der Waals surface area (Å²) in [4.78, 5) is 38.1. The molecule has 0 radical (unpaired) electrons. The lowest BCUT2D eigenvalue weighted by Crippen LogP contribution is -2.34. The predicted molar refractivity (Wildman–Crippen MR) is 119 cm³/mol. The molecular weight excluding hydrogens is 430 g/mol. The average Bonchev–Trinajstić information content (AvgIpc) is 3.05. The SMILES string of the molecule is CCOCCCN1C(=O)C(Nc2ccc3c(c2)OCCO3)=C(c2ccc([N+](=O)[O-])cc2)C1=O. The van der Waals surface area contributed by atoms with Crippen molar-refractivity contribution in [2.24, 2.45) is 0 Å². The minimum atomic E-state index is -0.520. The molecule has 0 fully saturated rings. The van der Waals surface area contributed by atoms with Gasteiger partial charge in [0.15, 0.2) is 11.5 Å². The van der Waals surface area contributed by atoms with E-state index in [1.54, 1.807) is 18.2 Å². The van der Waals surface area contributed by atoms with Crippen molar-refractivity contribution >= 4 is 28.8 Å². The molecule has 0 unspecified atom stereocenters. The lowest BCUT2D eigenvalue weighted by Gasteiger charge is -2.19. The highest BCUT2D eigenvalue weighted by molar-refractivity contribution is 6.36. The summed E-state index contributed by atoms with van der Waals surface area (Å²) in [5.41, 5.74) is 1.10. The smallest absolute Gasteiger partial charge is 0.278 e. The summed E-state index contributed by atoms with van der Waals surface area (Å²) in [5.74, 6) is 0.196. The molecule has 4 rings (SSSR count). The van der Waals surface area contributed by atoms with Gasteiger partial charge in [0.2, 0.25) is 0 Å². The predicted octanol–water partition coefficient (Wildman–Crippen LogP) is 2.98. The van der Waals surface area contributed by atoms with Gasteiger partial charge in [0.25, 0.3) is 17.5 Å². The van der Waals surface area contributed by atoms with E-state index in [9.17, 15) is 19.7 Å². The number of fused-ring (bicyclic) bond motifs is 1. The van der Waals surface area contributed by atoms with Gasteiger partial charge in [-0.25, -0.2) is 0 Å². The molecule has 10 nitrogen and oxygen atoms in total. The van der Waals surface area contributed by atoms with Crippen molar-refractivity contribution < 1.29 is 28.7 Å². The Morgan fingerprint density at radius 2 is 1.79 bits per heavy atom. The van der Waals surface area contributed by atoms with Crippen LogP contribution in [0.1, 0.15) is 18.9 Å². The number of ether oxygens (including phenoxy) is 3. The van der Waals surface area contributed by atoms with Crippen LogP contribution in [0.5, 0.6) is 11.5 Å². The zero-order valence-corrected chi connectivity index (χ0v) is 18.0. The molecule has 0 aromatic heterocycles. The highest BCUT2D eigenvalue weighted by atomic mass is 16.6. The fourth-order valence-corrected chi connectivity index (χ4v) is 3.65. The molecule has 0 saturated carbocycles. The minimum Gasteiger partial charge on any atom is -0.486 e. The van der Waals surface area contributed by atoms with Gasteiger partial charge < -0.3 is 19.5 Å². The number of hydrogen-bond donors (Lipinski definition) is 1. The number of benzene rings is 2. The maximum atomic E-state index is 13.2. The number of amides is 2. The molecule has 0 atom stereocenters. The van der Waals surface area contributed by atoms with Gasteiger partial charge in [0.1, 0.15) is 18.9 Å². The molecule has 0 spiro atoms. The average molecular weight is 453 g/mol. The van der Waals surface area contributed by atoms with Crippen molar-refractivity contribution in [3.8, 4) is 11.5 Å². The first-order valence-corrected chi connectivity index (χ1v) is 10.6. The lowest BCUT2D eigenvalue weighted by atomic mass is 10.0. The normalized spacial score (nSPS) is 15.2. The Labute approximate surface area is 189 Å². The molecule has 10 heteroatoms. The van der Waals surface area contributed by atoms with E-state index in [2.05, 4.69) is 5.32 Å². The van der Waals surface area contributed by atoms with Crippen molar-refractivity contribution in [1.82, 2.24) is 4.90 Å². The van der Waals surface area contributed by atoms with E-state index in [-0.39, 0.29) is 23.5 Å². The molecule has 1 N–H and O–H groups in total. The van der Waals surface area contributed by atoms with Crippen LogP contribution in [0.4, 0.5) is 11.4 Å². The molecule has 33 heavy (non-hydrogen) atoms. The quantitative estimate of drug-likeness (QED) is 0.266. The molecule has 2 aliphatic rings. The van der Waals surface area contributed by atoms with Gasteiger partial charge in [-0.05, 0) is 43.2 Å². The van der Waals surface area contributed by atoms with E-state index in [4.69, 9.17) is 14.2 Å². The van der Waals surface area contributed by atoms with Crippen LogP contribution in [-0.4, -0.2) is 54.6 Å². The third-order valence-corrected chi connectivity index (χ3v) is 5.22. The highest BCUT2D eigenvalue weighted by Gasteiger charge is 2.39. The van der Waals surface area contributed by atoms with Gasteiger partial charge >= 0.3 is 0 Å². The number of imide groups is 1. The van der Waals surface area contributed by atoms with Crippen LogP contribution in [0.3, 0.4) is 0 Å². The Kier molecular flexibility index (Phi) is 6.55. The molecule has 2 heterocycles. The van der Waals surface area contributed by atoms with Gasteiger partial charge in [0, 0.05) is 43.6 Å². The molecule has 2 aliphatic heterocycles. The maximum absolute atomic E-state index is 13.2. The fourth-order valence-electron chi connectivity index (χ4n) is 3.65. The van der Waals surface area contributed by atoms with E-state index in [0.717, 1.165) is 4.90 Å². The number of hydrogen-bond acceptors (Lipinski definition) is 8. The topological polar surface area (TPSA) is 120 Å². The van der Waals surface area contributed by atoms with E-state index >= 15 is 0 Å². The van der Waals surface area contributed by atoms with E-state index in [1.807, 2.05) is 6.92 Å². The van der Waals surface area contributed by atoms with E-state index in [1.165, 1.54) is 24.3 Å². The zero-order valence-electron chi connectivity index (χ0n) is 18.0. The molecule has 0 saturated heterocycles. The van der Waals surface area contributed by atoms with Crippen LogP contribution in [0.2, 0.25) is 0 Å². The number of carbonyl (C=O) groups is 2. The second-order valence-corrected chi connectivity index (χ2v) is 7.35. The Bertz CT molecular complexity index is 1110. The Balaban J connectivity index is 1.66. The molecule has 172 valence electrons. The summed E-state index contributed by atoms with van der Waals surface area (Å²) >= 11 is 0. The minimum absolute atomic E-state index is 0.0990. The van der Waals surface area contributed by atoms with Crippen LogP contribution in [0.25, 0.3) is 5.57 Å². The van der Waals surface area contributed by atoms with E-state index in [0.29, 0.717) is 55.6 Å². The highest BCUT2D eigenvalue weighted by Crippen LogP contribution is 2.35. The summed E-state index contributed by atoms with van der Waals surface area (Å²) in [7, 11) is 0. The number of nitro groups is 1. The van der Waals surface area contributed by atoms with Gasteiger partial charge in [-0.1, -0.05) is 0 Å². The first-order chi connectivity index (χ1) is 16.0. The first kappa shape index (κ1) is 22.3. The monoisotopic (exact) mass is 453 g/mol. The summed E-state index contributed by atoms with van der Waals surface area (Å²) in [6.07, 6.45) is 0.496. The number of nitrogens with zero attached hydrogens (tertiary/aromatic N) is 2.